The number of aromatic nitrogens is 2. The van der Waals surface area contributed by atoms with Gasteiger partial charge in [0.25, 0.3) is 0 Å². The summed E-state index contributed by atoms with van der Waals surface area (Å²) < 4.78 is 4.91. The maximum Gasteiger partial charge on any atom is 0.343 e. The molecule has 0 spiro atoms. The Labute approximate surface area is 109 Å². The Balaban J connectivity index is 2.15. The molecule has 1 aliphatic rings. The first kappa shape index (κ1) is 13.0. The summed E-state index contributed by atoms with van der Waals surface area (Å²) >= 11 is 5.71. The van der Waals surface area contributed by atoms with Crippen molar-refractivity contribution in [1.29, 1.82) is 0 Å². The second-order valence-electron chi connectivity index (χ2n) is 4.09. The van der Waals surface area contributed by atoms with Crippen LogP contribution >= 0.6 is 11.6 Å². The van der Waals surface area contributed by atoms with E-state index in [-0.39, 0.29) is 29.6 Å². The number of hydrogen-bond acceptors (Lipinski definition) is 6. The van der Waals surface area contributed by atoms with Gasteiger partial charge in [0.05, 0.1) is 12.7 Å². The summed E-state index contributed by atoms with van der Waals surface area (Å²) in [7, 11) is 0. The lowest BCUT2D eigenvalue weighted by Crippen LogP contribution is -2.39. The minimum atomic E-state index is -0.489. The second-order valence-corrected chi connectivity index (χ2v) is 4.43. The molecule has 0 aromatic carbocycles. The van der Waals surface area contributed by atoms with Gasteiger partial charge in [0.15, 0.2) is 0 Å². The maximum atomic E-state index is 11.7. The smallest absolute Gasteiger partial charge is 0.343 e. The van der Waals surface area contributed by atoms with Gasteiger partial charge in [-0.3, -0.25) is 0 Å². The lowest BCUT2D eigenvalue weighted by Gasteiger charge is -2.32. The van der Waals surface area contributed by atoms with Crippen LogP contribution in [0.5, 0.6) is 0 Å². The predicted molar refractivity (Wildman–Crippen MR) is 65.7 cm³/mol. The number of nitrogens with one attached hydrogen (secondary N) is 1. The lowest BCUT2D eigenvalue weighted by molar-refractivity contribution is 0.0526. The molecule has 1 aliphatic carbocycles. The van der Waals surface area contributed by atoms with Gasteiger partial charge in [0.2, 0.25) is 5.28 Å². The van der Waals surface area contributed by atoms with Crippen LogP contribution in [0, 0.1) is 0 Å². The third-order valence-electron chi connectivity index (χ3n) is 2.71. The van der Waals surface area contributed by atoms with Gasteiger partial charge in [-0.2, -0.15) is 4.98 Å². The summed E-state index contributed by atoms with van der Waals surface area (Å²) in [6.45, 7) is 2.01. The van der Waals surface area contributed by atoms with Crippen LogP contribution in [-0.4, -0.2) is 39.8 Å². The number of ether oxygens (including phenoxy) is 1. The highest BCUT2D eigenvalue weighted by Crippen LogP contribution is 2.25. The fourth-order valence-electron chi connectivity index (χ4n) is 1.73. The number of esters is 1. The van der Waals surface area contributed by atoms with Crippen LogP contribution in [0.25, 0.3) is 0 Å². The first-order valence-electron chi connectivity index (χ1n) is 5.74. The molecule has 0 saturated heterocycles. The van der Waals surface area contributed by atoms with Gasteiger partial charge in [-0.1, -0.05) is 0 Å². The zero-order valence-electron chi connectivity index (χ0n) is 9.89. The van der Waals surface area contributed by atoms with Crippen LogP contribution in [0.2, 0.25) is 5.28 Å². The average Bonchev–Trinajstić information content (AvgIpc) is 2.27. The molecule has 0 bridgehead atoms. The van der Waals surface area contributed by atoms with Crippen molar-refractivity contribution in [3.8, 4) is 0 Å². The van der Waals surface area contributed by atoms with Gasteiger partial charge in [0.1, 0.15) is 11.4 Å². The van der Waals surface area contributed by atoms with E-state index < -0.39 is 5.97 Å². The molecule has 0 unspecified atom stereocenters. The highest BCUT2D eigenvalue weighted by molar-refractivity contribution is 6.28. The Morgan fingerprint density at radius 2 is 2.39 bits per heavy atom. The summed E-state index contributed by atoms with van der Waals surface area (Å²) in [6, 6.07) is 0.0964. The number of rotatable bonds is 4. The van der Waals surface area contributed by atoms with E-state index in [4.69, 9.17) is 16.3 Å². The second kappa shape index (κ2) is 5.49. The summed E-state index contributed by atoms with van der Waals surface area (Å²) in [5.74, 6) is -0.137. The standard InChI is InChI=1S/C11H14ClN3O3/c1-2-18-10(17)8-5-13-11(12)15-9(8)14-6-3-7(16)4-6/h5-7,16H,2-4H2,1H3,(H,13,14,15)/t6-,7+. The Hall–Kier alpha value is -1.40. The predicted octanol–water partition coefficient (Wildman–Crippen LogP) is 1.24. The molecule has 18 heavy (non-hydrogen) atoms. The quantitative estimate of drug-likeness (QED) is 0.633. The number of hydrogen-bond donors (Lipinski definition) is 2. The summed E-state index contributed by atoms with van der Waals surface area (Å²) in [4.78, 5) is 19.5. The molecular formula is C11H14ClN3O3. The summed E-state index contributed by atoms with van der Waals surface area (Å²) in [5.41, 5.74) is 0.252. The molecule has 98 valence electrons. The first-order valence-corrected chi connectivity index (χ1v) is 6.12. The van der Waals surface area contributed by atoms with E-state index in [1.54, 1.807) is 6.92 Å². The molecule has 0 radical (unpaired) electrons. The molecule has 6 nitrogen and oxygen atoms in total. The first-order chi connectivity index (χ1) is 8.60. The molecule has 1 aromatic heterocycles. The van der Waals surface area contributed by atoms with Gasteiger partial charge < -0.3 is 15.2 Å². The Kier molecular flexibility index (Phi) is 3.98. The molecule has 7 heteroatoms. The van der Waals surface area contributed by atoms with Crippen LogP contribution in [0.1, 0.15) is 30.1 Å². The normalized spacial score (nSPS) is 22.2. The number of aliphatic hydroxyl groups is 1. The number of carbonyl (C=O) groups excluding carboxylic acids is 1. The molecule has 2 N–H and O–H groups in total. The summed E-state index contributed by atoms with van der Waals surface area (Å²) in [5, 5.41) is 12.3. The van der Waals surface area contributed by atoms with E-state index in [9.17, 15) is 9.90 Å². The number of carbonyl (C=O) groups is 1. The lowest BCUT2D eigenvalue weighted by atomic mass is 9.89. The Morgan fingerprint density at radius 1 is 1.67 bits per heavy atom. The van der Waals surface area contributed by atoms with Gasteiger partial charge in [-0.15, -0.1) is 0 Å². The van der Waals surface area contributed by atoms with Crippen molar-refractivity contribution >= 4 is 23.4 Å². The maximum absolute atomic E-state index is 11.7. The zero-order chi connectivity index (χ0) is 13.1. The number of aliphatic hydroxyl groups excluding tert-OH is 1. The van der Waals surface area contributed by atoms with E-state index in [1.807, 2.05) is 0 Å². The van der Waals surface area contributed by atoms with E-state index in [0.717, 1.165) is 0 Å². The van der Waals surface area contributed by atoms with Crippen molar-refractivity contribution in [3.63, 3.8) is 0 Å². The number of anilines is 1. The largest absolute Gasteiger partial charge is 0.462 e. The van der Waals surface area contributed by atoms with Crippen molar-refractivity contribution in [2.75, 3.05) is 11.9 Å². The highest BCUT2D eigenvalue weighted by atomic mass is 35.5. The minimum Gasteiger partial charge on any atom is -0.462 e. The third-order valence-corrected chi connectivity index (χ3v) is 2.89. The molecule has 0 amide bonds. The van der Waals surface area contributed by atoms with Crippen LogP contribution in [0.4, 0.5) is 5.82 Å². The Bertz CT molecular complexity index is 449. The van der Waals surface area contributed by atoms with Gasteiger partial charge in [0, 0.05) is 12.2 Å². The molecule has 1 heterocycles. The monoisotopic (exact) mass is 271 g/mol. The fourth-order valence-corrected chi connectivity index (χ4v) is 1.86. The molecule has 0 aliphatic heterocycles. The van der Waals surface area contributed by atoms with Crippen LogP contribution in [0.15, 0.2) is 6.20 Å². The van der Waals surface area contributed by atoms with E-state index in [0.29, 0.717) is 18.7 Å². The molecule has 1 aromatic rings. The van der Waals surface area contributed by atoms with Crippen LogP contribution in [-0.2, 0) is 4.74 Å². The van der Waals surface area contributed by atoms with Gasteiger partial charge in [-0.05, 0) is 31.4 Å². The van der Waals surface area contributed by atoms with E-state index in [2.05, 4.69) is 15.3 Å². The van der Waals surface area contributed by atoms with Crippen molar-refractivity contribution in [1.82, 2.24) is 9.97 Å². The Morgan fingerprint density at radius 3 is 3.00 bits per heavy atom. The van der Waals surface area contributed by atoms with Gasteiger partial charge >= 0.3 is 5.97 Å². The van der Waals surface area contributed by atoms with E-state index >= 15 is 0 Å². The van der Waals surface area contributed by atoms with Crippen molar-refractivity contribution in [3.05, 3.63) is 17.0 Å². The topological polar surface area (TPSA) is 84.3 Å². The molecule has 2 rings (SSSR count). The summed E-state index contributed by atoms with van der Waals surface area (Å²) in [6.07, 6.45) is 2.31. The zero-order valence-corrected chi connectivity index (χ0v) is 10.6. The highest BCUT2D eigenvalue weighted by Gasteiger charge is 2.29. The molecular weight excluding hydrogens is 258 g/mol. The van der Waals surface area contributed by atoms with Crippen LogP contribution < -0.4 is 5.32 Å². The van der Waals surface area contributed by atoms with Gasteiger partial charge in [-0.25, -0.2) is 9.78 Å². The molecule has 1 fully saturated rings. The third kappa shape index (κ3) is 2.88. The van der Waals surface area contributed by atoms with Crippen molar-refractivity contribution in [2.45, 2.75) is 31.9 Å². The van der Waals surface area contributed by atoms with Crippen molar-refractivity contribution < 1.29 is 14.6 Å². The number of nitrogens with zero attached hydrogens (tertiary/aromatic N) is 2. The van der Waals surface area contributed by atoms with E-state index in [1.165, 1.54) is 6.20 Å². The fraction of sp³-hybridized carbons (Fsp3) is 0.545. The average molecular weight is 272 g/mol. The molecule has 1 saturated carbocycles. The van der Waals surface area contributed by atoms with Crippen molar-refractivity contribution in [2.24, 2.45) is 0 Å². The minimum absolute atomic E-state index is 0.0606. The number of halogens is 1. The SMILES string of the molecule is CCOC(=O)c1cnc(Cl)nc1N[C@H]1C[C@@H](O)C1. The van der Waals surface area contributed by atoms with Crippen LogP contribution in [0.3, 0.4) is 0 Å². The molecule has 0 atom stereocenters.